The first-order chi connectivity index (χ1) is 9.60. The number of hydrogen-bond acceptors (Lipinski definition) is 5. The van der Waals surface area contributed by atoms with E-state index in [2.05, 4.69) is 20.3 Å². The van der Waals surface area contributed by atoms with Gasteiger partial charge >= 0.3 is 0 Å². The van der Waals surface area contributed by atoms with Crippen molar-refractivity contribution >= 4 is 35.1 Å². The van der Waals surface area contributed by atoms with Gasteiger partial charge in [-0.25, -0.2) is 0 Å². The molecule has 5 nitrogen and oxygen atoms in total. The van der Waals surface area contributed by atoms with Gasteiger partial charge in [-0.3, -0.25) is 0 Å². The highest BCUT2D eigenvalue weighted by molar-refractivity contribution is 6.31. The normalized spacial score (nSPS) is 10.4. The summed E-state index contributed by atoms with van der Waals surface area (Å²) in [7, 11) is 1.88. The van der Waals surface area contributed by atoms with E-state index in [1.165, 1.54) is 0 Å². The van der Waals surface area contributed by atoms with Gasteiger partial charge in [0.25, 0.3) is 0 Å². The molecule has 2 aromatic rings. The van der Waals surface area contributed by atoms with E-state index < -0.39 is 0 Å². The summed E-state index contributed by atoms with van der Waals surface area (Å²) >= 11 is 12.1. The van der Waals surface area contributed by atoms with Crippen molar-refractivity contribution in [2.45, 2.75) is 13.5 Å². The van der Waals surface area contributed by atoms with Crippen LogP contribution in [0.4, 0.5) is 11.9 Å². The fourth-order valence-electron chi connectivity index (χ4n) is 1.70. The number of aromatic nitrogens is 3. The lowest BCUT2D eigenvalue weighted by atomic mass is 10.2. The first-order valence-corrected chi connectivity index (χ1v) is 6.95. The topological polar surface area (TPSA) is 53.9 Å². The molecule has 0 atom stereocenters. The Balaban J connectivity index is 2.20. The molecule has 0 saturated heterocycles. The molecule has 20 heavy (non-hydrogen) atoms. The highest BCUT2D eigenvalue weighted by Crippen LogP contribution is 2.19. The molecule has 0 aliphatic rings. The van der Waals surface area contributed by atoms with Crippen molar-refractivity contribution in [1.82, 2.24) is 15.0 Å². The molecule has 0 aliphatic heterocycles. The fourth-order valence-corrected chi connectivity index (χ4v) is 2.05. The molecule has 0 bridgehead atoms. The minimum absolute atomic E-state index is 0.164. The van der Waals surface area contributed by atoms with Gasteiger partial charge in [0.05, 0.1) is 0 Å². The minimum atomic E-state index is 0.164. The second kappa shape index (κ2) is 6.72. The Morgan fingerprint density at radius 1 is 1.15 bits per heavy atom. The van der Waals surface area contributed by atoms with Crippen LogP contribution in [-0.2, 0) is 6.54 Å². The zero-order chi connectivity index (χ0) is 14.5. The van der Waals surface area contributed by atoms with Crippen LogP contribution in [0.3, 0.4) is 0 Å². The fraction of sp³-hybridized carbons (Fsp3) is 0.308. The zero-order valence-electron chi connectivity index (χ0n) is 11.3. The second-order valence-corrected chi connectivity index (χ2v) is 4.95. The van der Waals surface area contributed by atoms with Gasteiger partial charge in [-0.2, -0.15) is 15.0 Å². The molecule has 0 unspecified atom stereocenters. The molecule has 1 N–H and O–H groups in total. The zero-order valence-corrected chi connectivity index (χ0v) is 12.8. The van der Waals surface area contributed by atoms with E-state index in [1.807, 2.05) is 43.1 Å². The van der Waals surface area contributed by atoms with Gasteiger partial charge in [0.15, 0.2) is 0 Å². The Morgan fingerprint density at radius 3 is 2.60 bits per heavy atom. The van der Waals surface area contributed by atoms with E-state index in [-0.39, 0.29) is 5.28 Å². The third-order valence-electron chi connectivity index (χ3n) is 2.64. The van der Waals surface area contributed by atoms with E-state index in [0.29, 0.717) is 30.0 Å². The maximum Gasteiger partial charge on any atom is 0.231 e. The van der Waals surface area contributed by atoms with Crippen molar-refractivity contribution in [3.63, 3.8) is 0 Å². The van der Waals surface area contributed by atoms with Gasteiger partial charge in [-0.1, -0.05) is 29.8 Å². The number of rotatable bonds is 5. The van der Waals surface area contributed by atoms with Crippen LogP contribution in [0.2, 0.25) is 10.3 Å². The molecule has 0 saturated carbocycles. The Kier molecular flexibility index (Phi) is 4.98. The quantitative estimate of drug-likeness (QED) is 0.918. The Labute approximate surface area is 128 Å². The summed E-state index contributed by atoms with van der Waals surface area (Å²) in [5.74, 6) is 0.967. The number of hydrogen-bond donors (Lipinski definition) is 1. The first kappa shape index (κ1) is 14.8. The van der Waals surface area contributed by atoms with Gasteiger partial charge in [-0.05, 0) is 30.2 Å². The molecule has 0 radical (unpaired) electrons. The van der Waals surface area contributed by atoms with Crippen LogP contribution >= 0.6 is 23.2 Å². The van der Waals surface area contributed by atoms with Crippen LogP contribution in [0, 0.1) is 0 Å². The molecule has 0 aliphatic carbocycles. The smallest absolute Gasteiger partial charge is 0.231 e. The maximum atomic E-state index is 6.15. The van der Waals surface area contributed by atoms with Crippen molar-refractivity contribution in [3.8, 4) is 0 Å². The van der Waals surface area contributed by atoms with Crippen LogP contribution in [0.1, 0.15) is 12.5 Å². The molecule has 2 rings (SSSR count). The van der Waals surface area contributed by atoms with Crippen molar-refractivity contribution < 1.29 is 0 Å². The molecule has 0 spiro atoms. The van der Waals surface area contributed by atoms with E-state index in [1.54, 1.807) is 0 Å². The molecule has 0 fully saturated rings. The molecular weight excluding hydrogens is 297 g/mol. The van der Waals surface area contributed by atoms with Crippen LogP contribution in [0.25, 0.3) is 0 Å². The van der Waals surface area contributed by atoms with Crippen molar-refractivity contribution in [3.05, 3.63) is 40.1 Å². The van der Waals surface area contributed by atoms with Gasteiger partial charge in [-0.15, -0.1) is 0 Å². The Hall–Kier alpha value is -1.59. The van der Waals surface area contributed by atoms with Crippen LogP contribution in [0.15, 0.2) is 24.3 Å². The van der Waals surface area contributed by atoms with Gasteiger partial charge in [0.1, 0.15) is 0 Å². The Morgan fingerprint density at radius 2 is 1.90 bits per heavy atom. The monoisotopic (exact) mass is 311 g/mol. The molecule has 7 heteroatoms. The summed E-state index contributed by atoms with van der Waals surface area (Å²) in [4.78, 5) is 14.3. The summed E-state index contributed by atoms with van der Waals surface area (Å²) in [6, 6.07) is 7.66. The Bertz CT molecular complexity index is 591. The SMILES string of the molecule is CCNc1nc(Cl)nc(N(C)Cc2ccccc2Cl)n1. The lowest BCUT2D eigenvalue weighted by Gasteiger charge is -2.18. The molecule has 1 aromatic carbocycles. The van der Waals surface area contributed by atoms with E-state index >= 15 is 0 Å². The number of anilines is 2. The first-order valence-electron chi connectivity index (χ1n) is 6.20. The second-order valence-electron chi connectivity index (χ2n) is 4.21. The van der Waals surface area contributed by atoms with Crippen LogP contribution in [0.5, 0.6) is 0 Å². The number of benzene rings is 1. The largest absolute Gasteiger partial charge is 0.354 e. The standard InChI is InChI=1S/C13H15Cl2N5/c1-3-16-12-17-11(15)18-13(19-12)20(2)8-9-6-4-5-7-10(9)14/h4-7H,3,8H2,1-2H3,(H,16,17,18,19). The van der Waals surface area contributed by atoms with Crippen molar-refractivity contribution in [2.75, 3.05) is 23.8 Å². The molecule has 106 valence electrons. The van der Waals surface area contributed by atoms with Crippen molar-refractivity contribution in [1.29, 1.82) is 0 Å². The molecule has 0 amide bonds. The average Bonchev–Trinajstić information content (AvgIpc) is 2.41. The van der Waals surface area contributed by atoms with Gasteiger partial charge in [0.2, 0.25) is 17.2 Å². The predicted molar refractivity (Wildman–Crippen MR) is 82.6 cm³/mol. The number of halogens is 2. The van der Waals surface area contributed by atoms with Gasteiger partial charge in [0, 0.05) is 25.2 Å². The summed E-state index contributed by atoms with van der Waals surface area (Å²) in [6.07, 6.45) is 0. The highest BCUT2D eigenvalue weighted by atomic mass is 35.5. The minimum Gasteiger partial charge on any atom is -0.354 e. The molecular formula is C13H15Cl2N5. The van der Waals surface area contributed by atoms with Gasteiger partial charge < -0.3 is 10.2 Å². The summed E-state index contributed by atoms with van der Waals surface area (Å²) in [6.45, 7) is 3.27. The third-order valence-corrected chi connectivity index (χ3v) is 3.18. The summed E-state index contributed by atoms with van der Waals surface area (Å²) in [5, 5.41) is 3.90. The number of nitrogens with zero attached hydrogens (tertiary/aromatic N) is 4. The lowest BCUT2D eigenvalue weighted by Crippen LogP contribution is -2.20. The average molecular weight is 312 g/mol. The van der Waals surface area contributed by atoms with E-state index in [4.69, 9.17) is 23.2 Å². The highest BCUT2D eigenvalue weighted by Gasteiger charge is 2.11. The summed E-state index contributed by atoms with van der Waals surface area (Å²) < 4.78 is 0. The molecule has 1 aromatic heterocycles. The van der Waals surface area contributed by atoms with E-state index in [9.17, 15) is 0 Å². The van der Waals surface area contributed by atoms with Crippen molar-refractivity contribution in [2.24, 2.45) is 0 Å². The molecule has 1 heterocycles. The maximum absolute atomic E-state index is 6.15. The number of nitrogens with one attached hydrogen (secondary N) is 1. The van der Waals surface area contributed by atoms with E-state index in [0.717, 1.165) is 5.56 Å². The lowest BCUT2D eigenvalue weighted by molar-refractivity contribution is 0.852. The predicted octanol–water partition coefficient (Wildman–Crippen LogP) is 3.25. The summed E-state index contributed by atoms with van der Waals surface area (Å²) in [5.41, 5.74) is 0.998. The third kappa shape index (κ3) is 3.71. The van der Waals surface area contributed by atoms with Crippen LogP contribution in [-0.4, -0.2) is 28.5 Å². The van der Waals surface area contributed by atoms with Crippen LogP contribution < -0.4 is 10.2 Å².